The highest BCUT2D eigenvalue weighted by Crippen LogP contribution is 2.07. The molecular formula is C10H16N4O4. The lowest BCUT2D eigenvalue weighted by molar-refractivity contribution is -0.389. The number of nitro groups is 1. The number of hydrogen-bond acceptors (Lipinski definition) is 5. The van der Waals surface area contributed by atoms with Crippen LogP contribution in [0.4, 0.5) is 10.6 Å². The van der Waals surface area contributed by atoms with E-state index in [-0.39, 0.29) is 5.82 Å². The summed E-state index contributed by atoms with van der Waals surface area (Å²) in [7, 11) is 0. The maximum Gasteiger partial charge on any atom is 0.407 e. The zero-order chi connectivity index (χ0) is 13.8. The van der Waals surface area contributed by atoms with Gasteiger partial charge in [0.1, 0.15) is 11.8 Å². The Hall–Kier alpha value is -2.12. The van der Waals surface area contributed by atoms with Crippen LogP contribution < -0.4 is 5.32 Å². The molecule has 1 aromatic heterocycles. The van der Waals surface area contributed by atoms with Crippen LogP contribution in [-0.2, 0) is 11.2 Å². The molecule has 0 aliphatic rings. The zero-order valence-corrected chi connectivity index (χ0v) is 10.5. The third-order valence-corrected chi connectivity index (χ3v) is 1.84. The molecule has 1 amide bonds. The number of rotatable bonds is 4. The Bertz CT molecular complexity index is 435. The molecule has 0 bridgehead atoms. The predicted octanol–water partition coefficient (Wildman–Crippen LogP) is 1.39. The van der Waals surface area contributed by atoms with E-state index in [1.165, 1.54) is 0 Å². The number of H-pyrrole nitrogens is 1. The molecule has 1 aromatic rings. The van der Waals surface area contributed by atoms with Gasteiger partial charge in [0.15, 0.2) is 5.82 Å². The summed E-state index contributed by atoms with van der Waals surface area (Å²) in [5, 5.41) is 12.9. The Kier molecular flexibility index (Phi) is 4.24. The molecule has 1 heterocycles. The molecule has 0 saturated heterocycles. The fourth-order valence-corrected chi connectivity index (χ4v) is 1.17. The number of carbonyl (C=O) groups is 1. The number of imidazole rings is 1. The second kappa shape index (κ2) is 5.48. The molecule has 0 aliphatic carbocycles. The van der Waals surface area contributed by atoms with Crippen LogP contribution in [0, 0.1) is 10.1 Å². The summed E-state index contributed by atoms with van der Waals surface area (Å²) >= 11 is 0. The van der Waals surface area contributed by atoms with Crippen LogP contribution in [0.3, 0.4) is 0 Å². The number of aromatic nitrogens is 2. The number of aromatic amines is 1. The van der Waals surface area contributed by atoms with Gasteiger partial charge in [-0.15, -0.1) is 0 Å². The minimum Gasteiger partial charge on any atom is -0.444 e. The fourth-order valence-electron chi connectivity index (χ4n) is 1.17. The molecule has 2 N–H and O–H groups in total. The number of carbonyl (C=O) groups excluding carboxylic acids is 1. The van der Waals surface area contributed by atoms with Gasteiger partial charge in [-0.25, -0.2) is 14.8 Å². The first-order chi connectivity index (χ1) is 8.28. The van der Waals surface area contributed by atoms with Gasteiger partial charge in [-0.05, 0) is 25.7 Å². The second-order valence-corrected chi connectivity index (χ2v) is 4.65. The third kappa shape index (κ3) is 4.81. The van der Waals surface area contributed by atoms with E-state index in [0.29, 0.717) is 18.8 Å². The van der Waals surface area contributed by atoms with Crippen LogP contribution >= 0.6 is 0 Å². The van der Waals surface area contributed by atoms with Crippen molar-refractivity contribution in [3.63, 3.8) is 0 Å². The van der Waals surface area contributed by atoms with E-state index in [1.54, 1.807) is 20.8 Å². The van der Waals surface area contributed by atoms with Crippen molar-refractivity contribution in [2.75, 3.05) is 6.54 Å². The van der Waals surface area contributed by atoms with Crippen molar-refractivity contribution in [1.29, 1.82) is 0 Å². The van der Waals surface area contributed by atoms with Gasteiger partial charge in [-0.1, -0.05) is 0 Å². The lowest BCUT2D eigenvalue weighted by atomic mass is 10.2. The molecular weight excluding hydrogens is 240 g/mol. The summed E-state index contributed by atoms with van der Waals surface area (Å²) < 4.78 is 5.03. The van der Waals surface area contributed by atoms with E-state index in [9.17, 15) is 14.9 Å². The van der Waals surface area contributed by atoms with E-state index in [1.807, 2.05) is 0 Å². The van der Waals surface area contributed by atoms with Crippen LogP contribution in [0.5, 0.6) is 0 Å². The monoisotopic (exact) mass is 256 g/mol. The van der Waals surface area contributed by atoms with Gasteiger partial charge < -0.3 is 20.2 Å². The molecule has 0 saturated carbocycles. The molecule has 0 atom stereocenters. The molecule has 100 valence electrons. The number of nitrogens with zero attached hydrogens (tertiary/aromatic N) is 2. The van der Waals surface area contributed by atoms with Crippen molar-refractivity contribution in [3.05, 3.63) is 22.1 Å². The van der Waals surface area contributed by atoms with Gasteiger partial charge in [-0.2, -0.15) is 0 Å². The third-order valence-electron chi connectivity index (χ3n) is 1.84. The van der Waals surface area contributed by atoms with Gasteiger partial charge in [-0.3, -0.25) is 0 Å². The van der Waals surface area contributed by atoms with Crippen LogP contribution in [0.25, 0.3) is 0 Å². The Morgan fingerprint density at radius 1 is 1.61 bits per heavy atom. The van der Waals surface area contributed by atoms with Gasteiger partial charge in [0.2, 0.25) is 0 Å². The number of alkyl carbamates (subject to hydrolysis) is 1. The second-order valence-electron chi connectivity index (χ2n) is 4.65. The van der Waals surface area contributed by atoms with Crippen LogP contribution in [-0.4, -0.2) is 33.1 Å². The molecule has 1 rings (SSSR count). The predicted molar refractivity (Wildman–Crippen MR) is 63.2 cm³/mol. The first-order valence-electron chi connectivity index (χ1n) is 5.43. The standard InChI is InChI=1S/C10H16N4O4/c1-10(2,3)18-9(15)11-5-4-7-12-6-8(13-7)14(16)17/h6H,4-5H2,1-3H3,(H,11,15)(H,12,13). The molecule has 0 spiro atoms. The smallest absolute Gasteiger partial charge is 0.407 e. The lowest BCUT2D eigenvalue weighted by Crippen LogP contribution is -2.33. The number of nitrogens with one attached hydrogen (secondary N) is 2. The van der Waals surface area contributed by atoms with Crippen LogP contribution in [0.15, 0.2) is 6.20 Å². The average Bonchev–Trinajstić information content (AvgIpc) is 2.63. The molecule has 0 aromatic carbocycles. The molecule has 8 nitrogen and oxygen atoms in total. The fraction of sp³-hybridized carbons (Fsp3) is 0.600. The summed E-state index contributed by atoms with van der Waals surface area (Å²) in [5.74, 6) is 0.278. The van der Waals surface area contributed by atoms with E-state index >= 15 is 0 Å². The van der Waals surface area contributed by atoms with Crippen molar-refractivity contribution < 1.29 is 14.5 Å². The molecule has 0 aliphatic heterocycles. The normalized spacial score (nSPS) is 11.1. The van der Waals surface area contributed by atoms with E-state index in [2.05, 4.69) is 15.3 Å². The van der Waals surface area contributed by atoms with Crippen molar-refractivity contribution in [2.45, 2.75) is 32.8 Å². The van der Waals surface area contributed by atoms with Gasteiger partial charge in [0.05, 0.1) is 0 Å². The number of amides is 1. The van der Waals surface area contributed by atoms with Gasteiger partial charge in [0.25, 0.3) is 0 Å². The number of ether oxygens (including phenoxy) is 1. The topological polar surface area (TPSA) is 110 Å². The Labute approximate surface area is 104 Å². The summed E-state index contributed by atoms with van der Waals surface area (Å²) in [6.07, 6.45) is 0.985. The largest absolute Gasteiger partial charge is 0.444 e. The number of hydrogen-bond donors (Lipinski definition) is 2. The minimum atomic E-state index is -0.558. The minimum absolute atomic E-state index is 0.165. The maximum absolute atomic E-state index is 11.3. The molecule has 18 heavy (non-hydrogen) atoms. The van der Waals surface area contributed by atoms with E-state index in [0.717, 1.165) is 6.20 Å². The SMILES string of the molecule is CC(C)(C)OC(=O)NCCc1ncc([N+](=O)[O-])[nH]1. The van der Waals surface area contributed by atoms with E-state index < -0.39 is 16.6 Å². The average molecular weight is 256 g/mol. The summed E-state index contributed by atoms with van der Waals surface area (Å²) in [5.41, 5.74) is -0.548. The quantitative estimate of drug-likeness (QED) is 0.624. The first-order valence-corrected chi connectivity index (χ1v) is 5.43. The molecule has 0 unspecified atom stereocenters. The highest BCUT2D eigenvalue weighted by Gasteiger charge is 2.16. The maximum atomic E-state index is 11.3. The Morgan fingerprint density at radius 2 is 2.28 bits per heavy atom. The van der Waals surface area contributed by atoms with Crippen molar-refractivity contribution in [2.24, 2.45) is 0 Å². The van der Waals surface area contributed by atoms with Crippen molar-refractivity contribution >= 4 is 11.9 Å². The molecule has 0 fully saturated rings. The highest BCUT2D eigenvalue weighted by atomic mass is 16.6. The van der Waals surface area contributed by atoms with Gasteiger partial charge in [0, 0.05) is 13.0 Å². The van der Waals surface area contributed by atoms with Crippen LogP contribution in [0.2, 0.25) is 0 Å². The summed E-state index contributed by atoms with van der Waals surface area (Å²) in [6, 6.07) is 0. The van der Waals surface area contributed by atoms with E-state index in [4.69, 9.17) is 4.74 Å². The summed E-state index contributed by atoms with van der Waals surface area (Å²) in [4.78, 5) is 27.5. The first kappa shape index (κ1) is 13.9. The van der Waals surface area contributed by atoms with Crippen LogP contribution in [0.1, 0.15) is 26.6 Å². The molecule has 0 radical (unpaired) electrons. The van der Waals surface area contributed by atoms with Crippen molar-refractivity contribution in [1.82, 2.24) is 15.3 Å². The zero-order valence-electron chi connectivity index (χ0n) is 10.5. The van der Waals surface area contributed by atoms with Gasteiger partial charge >= 0.3 is 11.9 Å². The lowest BCUT2D eigenvalue weighted by Gasteiger charge is -2.19. The summed E-state index contributed by atoms with van der Waals surface area (Å²) in [6.45, 7) is 5.59. The Morgan fingerprint density at radius 3 is 2.78 bits per heavy atom. The van der Waals surface area contributed by atoms with Crippen molar-refractivity contribution in [3.8, 4) is 0 Å². The Balaban J connectivity index is 2.33. The molecule has 8 heteroatoms. The highest BCUT2D eigenvalue weighted by molar-refractivity contribution is 5.67.